The highest BCUT2D eigenvalue weighted by atomic mass is 32.2. The van der Waals surface area contributed by atoms with Gasteiger partial charge in [-0.05, 0) is 29.8 Å². The number of hydrogen-bond donors (Lipinski definition) is 2. The van der Waals surface area contributed by atoms with Crippen LogP contribution in [0.1, 0.15) is 15.9 Å². The van der Waals surface area contributed by atoms with Crippen LogP contribution >= 0.6 is 11.8 Å². The Hall–Kier alpha value is -2.54. The van der Waals surface area contributed by atoms with Crippen LogP contribution in [0.25, 0.3) is 0 Å². The van der Waals surface area contributed by atoms with Crippen LogP contribution in [0.4, 0.5) is 5.69 Å². The molecule has 0 bridgehead atoms. The lowest BCUT2D eigenvalue weighted by Gasteiger charge is -2.26. The van der Waals surface area contributed by atoms with E-state index in [2.05, 4.69) is 10.3 Å². The molecule has 3 rings (SSSR count). The molecule has 2 aromatic rings. The lowest BCUT2D eigenvalue weighted by Crippen LogP contribution is -2.38. The second-order valence-electron chi connectivity index (χ2n) is 5.73. The molecule has 0 saturated carbocycles. The number of carbonyl (C=O) groups excluding carboxylic acids is 2. The van der Waals surface area contributed by atoms with Crippen LogP contribution < -0.4 is 10.9 Å². The summed E-state index contributed by atoms with van der Waals surface area (Å²) in [5, 5.41) is 2.69. The fraction of sp³-hybridized carbons (Fsp3) is 0.278. The van der Waals surface area contributed by atoms with Crippen molar-refractivity contribution in [3.63, 3.8) is 0 Å². The second-order valence-corrected chi connectivity index (χ2v) is 6.96. The molecule has 130 valence electrons. The summed E-state index contributed by atoms with van der Waals surface area (Å²) in [5.41, 5.74) is 1.12. The SMILES string of the molecule is O=C(Nc1ccc(CC(=O)N2CCSCC2)cc1)c1ccc[nH]c1=O. The molecule has 0 spiro atoms. The van der Waals surface area contributed by atoms with Gasteiger partial charge in [0.05, 0.1) is 6.42 Å². The summed E-state index contributed by atoms with van der Waals surface area (Å²) >= 11 is 1.87. The number of carbonyl (C=O) groups is 2. The van der Waals surface area contributed by atoms with Crippen LogP contribution in [0.15, 0.2) is 47.4 Å². The zero-order valence-corrected chi connectivity index (χ0v) is 14.5. The van der Waals surface area contributed by atoms with E-state index in [1.165, 1.54) is 12.3 Å². The number of thioether (sulfide) groups is 1. The van der Waals surface area contributed by atoms with Crippen molar-refractivity contribution in [2.75, 3.05) is 29.9 Å². The minimum absolute atomic E-state index is 0.0599. The summed E-state index contributed by atoms with van der Waals surface area (Å²) in [6.45, 7) is 1.62. The van der Waals surface area contributed by atoms with E-state index < -0.39 is 11.5 Å². The van der Waals surface area contributed by atoms with Gasteiger partial charge in [-0.25, -0.2) is 0 Å². The van der Waals surface area contributed by atoms with E-state index in [1.807, 2.05) is 28.8 Å². The van der Waals surface area contributed by atoms with Crippen molar-refractivity contribution in [1.82, 2.24) is 9.88 Å². The predicted octanol–water partition coefficient (Wildman–Crippen LogP) is 1.75. The number of nitrogens with zero attached hydrogens (tertiary/aromatic N) is 1. The molecule has 0 atom stereocenters. The summed E-state index contributed by atoms with van der Waals surface area (Å²) in [7, 11) is 0. The molecule has 0 aliphatic carbocycles. The topological polar surface area (TPSA) is 82.3 Å². The van der Waals surface area contributed by atoms with Crippen LogP contribution in [0.2, 0.25) is 0 Å². The number of benzene rings is 1. The normalized spacial score (nSPS) is 14.2. The van der Waals surface area contributed by atoms with Gasteiger partial charge in [-0.2, -0.15) is 11.8 Å². The number of aromatic amines is 1. The van der Waals surface area contributed by atoms with E-state index in [1.54, 1.807) is 18.2 Å². The Morgan fingerprint density at radius 2 is 1.84 bits per heavy atom. The first-order chi connectivity index (χ1) is 12.1. The maximum Gasteiger partial charge on any atom is 0.261 e. The predicted molar refractivity (Wildman–Crippen MR) is 99.1 cm³/mol. The molecule has 2 amide bonds. The third-order valence-electron chi connectivity index (χ3n) is 3.99. The molecule has 2 heterocycles. The number of H-pyrrole nitrogens is 1. The van der Waals surface area contributed by atoms with E-state index in [0.29, 0.717) is 12.1 Å². The number of pyridine rings is 1. The van der Waals surface area contributed by atoms with Gasteiger partial charge in [-0.1, -0.05) is 12.1 Å². The minimum Gasteiger partial charge on any atom is -0.341 e. The number of nitrogens with one attached hydrogen (secondary N) is 2. The van der Waals surface area contributed by atoms with Gasteiger partial charge in [0.15, 0.2) is 0 Å². The Morgan fingerprint density at radius 3 is 2.52 bits per heavy atom. The van der Waals surface area contributed by atoms with Crippen molar-refractivity contribution in [3.05, 3.63) is 64.1 Å². The van der Waals surface area contributed by atoms with Crippen molar-refractivity contribution in [2.24, 2.45) is 0 Å². The highest BCUT2D eigenvalue weighted by Crippen LogP contribution is 2.14. The molecule has 1 aromatic carbocycles. The zero-order chi connectivity index (χ0) is 17.6. The molecule has 1 aromatic heterocycles. The Kier molecular flexibility index (Phi) is 5.55. The maximum atomic E-state index is 12.3. The van der Waals surface area contributed by atoms with Crippen LogP contribution in [-0.2, 0) is 11.2 Å². The Labute approximate surface area is 149 Å². The minimum atomic E-state index is -0.462. The first kappa shape index (κ1) is 17.3. The van der Waals surface area contributed by atoms with Gasteiger partial charge < -0.3 is 15.2 Å². The number of rotatable bonds is 4. The summed E-state index contributed by atoms with van der Waals surface area (Å²) < 4.78 is 0. The molecular formula is C18H19N3O3S. The lowest BCUT2D eigenvalue weighted by molar-refractivity contribution is -0.130. The van der Waals surface area contributed by atoms with Crippen LogP contribution in [-0.4, -0.2) is 46.3 Å². The zero-order valence-electron chi connectivity index (χ0n) is 13.7. The van der Waals surface area contributed by atoms with Gasteiger partial charge >= 0.3 is 0 Å². The second kappa shape index (κ2) is 8.02. The van der Waals surface area contributed by atoms with E-state index >= 15 is 0 Å². The van der Waals surface area contributed by atoms with Crippen molar-refractivity contribution in [2.45, 2.75) is 6.42 Å². The number of amides is 2. The fourth-order valence-electron chi connectivity index (χ4n) is 2.60. The Morgan fingerprint density at radius 1 is 1.12 bits per heavy atom. The summed E-state index contributed by atoms with van der Waals surface area (Å²) in [5.74, 6) is 1.66. The van der Waals surface area contributed by atoms with Crippen molar-refractivity contribution < 1.29 is 9.59 Å². The molecule has 1 fully saturated rings. The highest BCUT2D eigenvalue weighted by Gasteiger charge is 2.17. The monoisotopic (exact) mass is 357 g/mol. The van der Waals surface area contributed by atoms with Gasteiger partial charge in [-0.15, -0.1) is 0 Å². The number of hydrogen-bond acceptors (Lipinski definition) is 4. The van der Waals surface area contributed by atoms with Crippen molar-refractivity contribution in [3.8, 4) is 0 Å². The molecule has 1 aliphatic rings. The van der Waals surface area contributed by atoms with E-state index in [0.717, 1.165) is 30.2 Å². The molecule has 7 heteroatoms. The molecule has 6 nitrogen and oxygen atoms in total. The summed E-state index contributed by atoms with van der Waals surface area (Å²) in [6.07, 6.45) is 1.84. The molecule has 0 unspecified atom stereocenters. The molecule has 0 radical (unpaired) electrons. The largest absolute Gasteiger partial charge is 0.341 e. The molecule has 2 N–H and O–H groups in total. The average molecular weight is 357 g/mol. The van der Waals surface area contributed by atoms with Crippen molar-refractivity contribution in [1.29, 1.82) is 0 Å². The Bertz CT molecular complexity index is 811. The van der Waals surface area contributed by atoms with Gasteiger partial charge in [0, 0.05) is 36.5 Å². The van der Waals surface area contributed by atoms with Crippen LogP contribution in [0.3, 0.4) is 0 Å². The molecule has 25 heavy (non-hydrogen) atoms. The standard InChI is InChI=1S/C18H19N3O3S/c22-16(21-8-10-25-11-9-21)12-13-3-5-14(6-4-13)20-18(24)15-2-1-7-19-17(15)23/h1-7H,8-12H2,(H,19,23)(H,20,24). The van der Waals surface area contributed by atoms with Crippen molar-refractivity contribution >= 4 is 29.3 Å². The summed E-state index contributed by atoms with van der Waals surface area (Å²) in [4.78, 5) is 40.4. The number of anilines is 1. The maximum absolute atomic E-state index is 12.3. The molecule has 1 saturated heterocycles. The fourth-order valence-corrected chi connectivity index (χ4v) is 3.51. The third-order valence-corrected chi connectivity index (χ3v) is 4.94. The van der Waals surface area contributed by atoms with Gasteiger partial charge in [0.1, 0.15) is 5.56 Å². The summed E-state index contributed by atoms with van der Waals surface area (Å²) in [6, 6.07) is 10.2. The Balaban J connectivity index is 1.60. The average Bonchev–Trinajstić information content (AvgIpc) is 2.64. The van der Waals surface area contributed by atoms with Gasteiger partial charge in [-0.3, -0.25) is 14.4 Å². The van der Waals surface area contributed by atoms with Gasteiger partial charge in [0.2, 0.25) is 5.91 Å². The van der Waals surface area contributed by atoms with Gasteiger partial charge in [0.25, 0.3) is 11.5 Å². The van der Waals surface area contributed by atoms with E-state index in [-0.39, 0.29) is 11.5 Å². The highest BCUT2D eigenvalue weighted by molar-refractivity contribution is 7.99. The quantitative estimate of drug-likeness (QED) is 0.873. The first-order valence-electron chi connectivity index (χ1n) is 8.07. The smallest absolute Gasteiger partial charge is 0.261 e. The molecular weight excluding hydrogens is 338 g/mol. The third kappa shape index (κ3) is 4.51. The lowest BCUT2D eigenvalue weighted by atomic mass is 10.1. The molecule has 1 aliphatic heterocycles. The van der Waals surface area contributed by atoms with Crippen LogP contribution in [0.5, 0.6) is 0 Å². The van der Waals surface area contributed by atoms with E-state index in [9.17, 15) is 14.4 Å². The first-order valence-corrected chi connectivity index (χ1v) is 9.22. The van der Waals surface area contributed by atoms with E-state index in [4.69, 9.17) is 0 Å². The number of aromatic nitrogens is 1. The van der Waals surface area contributed by atoms with Crippen LogP contribution in [0, 0.1) is 0 Å².